The van der Waals surface area contributed by atoms with Gasteiger partial charge in [0.2, 0.25) is 0 Å². The molecule has 0 saturated heterocycles. The van der Waals surface area contributed by atoms with Gasteiger partial charge in [0.15, 0.2) is 0 Å². The van der Waals surface area contributed by atoms with Crippen molar-refractivity contribution in [2.75, 3.05) is 27.2 Å². The minimum absolute atomic E-state index is 0.180. The molecule has 0 saturated carbocycles. The summed E-state index contributed by atoms with van der Waals surface area (Å²) in [6.45, 7) is 3.96. The van der Waals surface area contributed by atoms with Crippen LogP contribution in [0, 0.1) is 5.82 Å². The Hall–Kier alpha value is -0.930. The topological polar surface area (TPSA) is 15.3 Å². The van der Waals surface area contributed by atoms with Crippen molar-refractivity contribution in [2.45, 2.75) is 13.0 Å². The zero-order chi connectivity index (χ0) is 11.3. The highest BCUT2D eigenvalue weighted by Crippen LogP contribution is 2.18. The van der Waals surface area contributed by atoms with E-state index in [9.17, 15) is 4.39 Å². The lowest BCUT2D eigenvalue weighted by molar-refractivity contribution is 0.253. The van der Waals surface area contributed by atoms with Crippen molar-refractivity contribution in [2.24, 2.45) is 0 Å². The average Bonchev–Trinajstić information content (AvgIpc) is 2.26. The molecule has 1 rings (SSSR count). The molecule has 3 heteroatoms. The van der Waals surface area contributed by atoms with Crippen LogP contribution in [-0.2, 0) is 0 Å². The molecule has 1 atom stereocenters. The first-order valence-electron chi connectivity index (χ1n) is 5.29. The van der Waals surface area contributed by atoms with Gasteiger partial charge in [-0.05, 0) is 38.3 Å². The highest BCUT2D eigenvalue weighted by atomic mass is 19.1. The Morgan fingerprint density at radius 3 is 2.40 bits per heavy atom. The van der Waals surface area contributed by atoms with Crippen molar-refractivity contribution in [3.05, 3.63) is 35.6 Å². The van der Waals surface area contributed by atoms with Crippen LogP contribution >= 0.6 is 0 Å². The van der Waals surface area contributed by atoms with Crippen molar-refractivity contribution >= 4 is 0 Å². The van der Waals surface area contributed by atoms with Gasteiger partial charge in [0.25, 0.3) is 0 Å². The monoisotopic (exact) mass is 210 g/mol. The van der Waals surface area contributed by atoms with Crippen LogP contribution < -0.4 is 5.32 Å². The molecule has 0 heterocycles. The minimum Gasteiger partial charge on any atom is -0.318 e. The van der Waals surface area contributed by atoms with E-state index in [0.29, 0.717) is 6.04 Å². The Morgan fingerprint density at radius 1 is 1.33 bits per heavy atom. The molecule has 15 heavy (non-hydrogen) atoms. The van der Waals surface area contributed by atoms with Crippen LogP contribution in [0.25, 0.3) is 0 Å². The molecule has 0 spiro atoms. The van der Waals surface area contributed by atoms with E-state index in [-0.39, 0.29) is 5.82 Å². The quantitative estimate of drug-likeness (QED) is 0.800. The van der Waals surface area contributed by atoms with Crippen molar-refractivity contribution in [3.63, 3.8) is 0 Å². The number of hydrogen-bond donors (Lipinski definition) is 1. The molecule has 0 fully saturated rings. The van der Waals surface area contributed by atoms with Crippen molar-refractivity contribution in [1.82, 2.24) is 10.2 Å². The van der Waals surface area contributed by atoms with Gasteiger partial charge in [0.1, 0.15) is 5.82 Å². The van der Waals surface area contributed by atoms with Crippen LogP contribution in [0.1, 0.15) is 18.5 Å². The molecular formula is C12H19FN2. The van der Waals surface area contributed by atoms with Gasteiger partial charge in [-0.15, -0.1) is 0 Å². The maximum absolute atomic E-state index is 12.8. The SMILES string of the molecule is CCN(C)C(CNC)c1ccc(F)cc1. The predicted molar refractivity (Wildman–Crippen MR) is 61.4 cm³/mol. The predicted octanol–water partition coefficient (Wildman–Crippen LogP) is 2.04. The molecule has 0 bridgehead atoms. The van der Waals surface area contributed by atoms with Crippen LogP contribution in [0.15, 0.2) is 24.3 Å². The molecule has 84 valence electrons. The van der Waals surface area contributed by atoms with E-state index < -0.39 is 0 Å². The van der Waals surface area contributed by atoms with Crippen LogP contribution in [0.5, 0.6) is 0 Å². The maximum Gasteiger partial charge on any atom is 0.123 e. The average molecular weight is 210 g/mol. The van der Waals surface area contributed by atoms with Gasteiger partial charge in [0, 0.05) is 12.6 Å². The molecule has 0 aliphatic rings. The molecule has 0 radical (unpaired) electrons. The first-order valence-corrected chi connectivity index (χ1v) is 5.29. The lowest BCUT2D eigenvalue weighted by Gasteiger charge is -2.27. The number of nitrogens with one attached hydrogen (secondary N) is 1. The normalized spacial score (nSPS) is 13.1. The van der Waals surface area contributed by atoms with Crippen molar-refractivity contribution in [3.8, 4) is 0 Å². The summed E-state index contributed by atoms with van der Waals surface area (Å²) in [7, 11) is 4.01. The summed E-state index contributed by atoms with van der Waals surface area (Å²) >= 11 is 0. The molecule has 1 aromatic rings. The third-order valence-corrected chi connectivity index (χ3v) is 2.68. The molecule has 0 aliphatic carbocycles. The molecular weight excluding hydrogens is 191 g/mol. The number of nitrogens with zero attached hydrogens (tertiary/aromatic N) is 1. The second-order valence-corrected chi connectivity index (χ2v) is 3.70. The fraction of sp³-hybridized carbons (Fsp3) is 0.500. The Balaban J connectivity index is 2.83. The molecule has 1 unspecified atom stereocenters. The van der Waals surface area contributed by atoms with Gasteiger partial charge in [-0.1, -0.05) is 19.1 Å². The highest BCUT2D eigenvalue weighted by molar-refractivity contribution is 5.20. The molecule has 0 aliphatic heterocycles. The van der Waals surface area contributed by atoms with Gasteiger partial charge in [-0.2, -0.15) is 0 Å². The fourth-order valence-electron chi connectivity index (χ4n) is 1.63. The second kappa shape index (κ2) is 5.83. The number of halogens is 1. The summed E-state index contributed by atoms with van der Waals surface area (Å²) in [5.41, 5.74) is 1.15. The van der Waals surface area contributed by atoms with Crippen LogP contribution in [0.2, 0.25) is 0 Å². The molecule has 1 N–H and O–H groups in total. The molecule has 2 nitrogen and oxygen atoms in total. The van der Waals surface area contributed by atoms with E-state index in [0.717, 1.165) is 18.7 Å². The van der Waals surface area contributed by atoms with E-state index >= 15 is 0 Å². The smallest absolute Gasteiger partial charge is 0.123 e. The second-order valence-electron chi connectivity index (χ2n) is 3.70. The van der Waals surface area contributed by atoms with Gasteiger partial charge in [-0.3, -0.25) is 4.90 Å². The van der Waals surface area contributed by atoms with E-state index in [2.05, 4.69) is 24.2 Å². The first kappa shape index (κ1) is 12.1. The van der Waals surface area contributed by atoms with Crippen molar-refractivity contribution in [1.29, 1.82) is 0 Å². The van der Waals surface area contributed by atoms with E-state index in [4.69, 9.17) is 0 Å². The standard InChI is InChI=1S/C12H19FN2/c1-4-15(3)12(9-14-2)10-5-7-11(13)8-6-10/h5-8,12,14H,4,9H2,1-3H3. The summed E-state index contributed by atoms with van der Waals surface area (Å²) in [5, 5.41) is 3.16. The summed E-state index contributed by atoms with van der Waals surface area (Å²) in [6, 6.07) is 7.04. The van der Waals surface area contributed by atoms with Crippen molar-refractivity contribution < 1.29 is 4.39 Å². The Morgan fingerprint density at radius 2 is 1.93 bits per heavy atom. The summed E-state index contributed by atoms with van der Waals surface area (Å²) in [6.07, 6.45) is 0. The summed E-state index contributed by atoms with van der Waals surface area (Å²) in [5.74, 6) is -0.180. The Kier molecular flexibility index (Phi) is 4.72. The Labute approximate surface area is 91.1 Å². The number of benzene rings is 1. The summed E-state index contributed by atoms with van der Waals surface area (Å²) in [4.78, 5) is 2.24. The van der Waals surface area contributed by atoms with E-state index in [1.54, 1.807) is 0 Å². The number of hydrogen-bond acceptors (Lipinski definition) is 2. The van der Waals surface area contributed by atoms with Gasteiger partial charge in [-0.25, -0.2) is 4.39 Å². The molecule has 0 aromatic heterocycles. The van der Waals surface area contributed by atoms with Crippen LogP contribution in [-0.4, -0.2) is 32.1 Å². The highest BCUT2D eigenvalue weighted by Gasteiger charge is 2.14. The Bertz CT molecular complexity index is 284. The van der Waals surface area contributed by atoms with Crippen LogP contribution in [0.3, 0.4) is 0 Å². The fourth-order valence-corrected chi connectivity index (χ4v) is 1.63. The zero-order valence-corrected chi connectivity index (χ0v) is 9.63. The zero-order valence-electron chi connectivity index (χ0n) is 9.63. The van der Waals surface area contributed by atoms with Crippen LogP contribution in [0.4, 0.5) is 4.39 Å². The lowest BCUT2D eigenvalue weighted by atomic mass is 10.1. The van der Waals surface area contributed by atoms with Gasteiger partial charge < -0.3 is 5.32 Å². The largest absolute Gasteiger partial charge is 0.318 e. The number of rotatable bonds is 5. The third kappa shape index (κ3) is 3.29. The van der Waals surface area contributed by atoms with Gasteiger partial charge in [0.05, 0.1) is 0 Å². The first-order chi connectivity index (χ1) is 7.19. The third-order valence-electron chi connectivity index (χ3n) is 2.68. The summed E-state index contributed by atoms with van der Waals surface area (Å²) < 4.78 is 12.8. The van der Waals surface area contributed by atoms with E-state index in [1.807, 2.05) is 19.2 Å². The van der Waals surface area contributed by atoms with Gasteiger partial charge >= 0.3 is 0 Å². The molecule has 1 aromatic carbocycles. The van der Waals surface area contributed by atoms with E-state index in [1.165, 1.54) is 12.1 Å². The maximum atomic E-state index is 12.8. The number of likely N-dealkylation sites (N-methyl/N-ethyl adjacent to an activating group) is 2. The molecule has 0 amide bonds. The minimum atomic E-state index is -0.180. The lowest BCUT2D eigenvalue weighted by Crippen LogP contribution is -2.31.